The molecule has 2 aromatic heterocycles. The molecule has 0 N–H and O–H groups in total. The second kappa shape index (κ2) is 4.48. The normalized spacial score (nSPS) is 10.8. The van der Waals surface area contributed by atoms with Gasteiger partial charge in [-0.2, -0.15) is 0 Å². The molecule has 0 aliphatic heterocycles. The minimum atomic E-state index is -0.354. The molecule has 0 aliphatic carbocycles. The maximum absolute atomic E-state index is 12.2. The Hall–Kier alpha value is -2.20. The maximum atomic E-state index is 12.2. The number of fused-ring (bicyclic) bond motifs is 1. The average Bonchev–Trinajstić information content (AvgIpc) is 2.84. The van der Waals surface area contributed by atoms with Crippen molar-refractivity contribution >= 4 is 28.4 Å². The van der Waals surface area contributed by atoms with Gasteiger partial charge in [-0.15, -0.1) is 0 Å². The van der Waals surface area contributed by atoms with E-state index in [4.69, 9.17) is 16.0 Å². The Morgan fingerprint density at radius 1 is 1.26 bits per heavy atom. The molecule has 5 heteroatoms. The Morgan fingerprint density at radius 3 is 2.68 bits per heavy atom. The maximum Gasteiger partial charge on any atom is 0.265 e. The van der Waals surface area contributed by atoms with E-state index < -0.39 is 0 Å². The Kier molecular flexibility index (Phi) is 2.80. The summed E-state index contributed by atoms with van der Waals surface area (Å²) in [6.07, 6.45) is 3.19. The molecule has 0 radical (unpaired) electrons. The molecule has 0 unspecified atom stereocenters. The molecule has 0 spiro atoms. The first-order valence-electron chi connectivity index (χ1n) is 5.66. The Bertz CT molecular complexity index is 763. The minimum Gasteiger partial charge on any atom is -0.451 e. The van der Waals surface area contributed by atoms with Crippen LogP contribution in [0.1, 0.15) is 21.9 Å². The Labute approximate surface area is 114 Å². The van der Waals surface area contributed by atoms with E-state index in [1.165, 1.54) is 0 Å². The Balaban J connectivity index is 2.06. The molecule has 0 aliphatic rings. The number of rotatable bonds is 2. The highest BCUT2D eigenvalue weighted by Gasteiger charge is 2.17. The molecule has 94 valence electrons. The van der Waals surface area contributed by atoms with Crippen LogP contribution < -0.4 is 0 Å². The first-order valence-corrected chi connectivity index (χ1v) is 6.04. The van der Waals surface area contributed by atoms with Crippen molar-refractivity contribution in [3.63, 3.8) is 0 Å². The first-order chi connectivity index (χ1) is 9.15. The summed E-state index contributed by atoms with van der Waals surface area (Å²) in [4.78, 5) is 20.2. The number of hydrogen-bond donors (Lipinski definition) is 0. The summed E-state index contributed by atoms with van der Waals surface area (Å²) in [5.74, 6) is -0.0556. The van der Waals surface area contributed by atoms with Gasteiger partial charge in [0.1, 0.15) is 0 Å². The highest BCUT2D eigenvalue weighted by molar-refractivity contribution is 6.35. The van der Waals surface area contributed by atoms with Crippen molar-refractivity contribution in [2.45, 2.75) is 6.92 Å². The lowest BCUT2D eigenvalue weighted by atomic mass is 10.2. The van der Waals surface area contributed by atoms with Gasteiger partial charge in [0, 0.05) is 17.8 Å². The van der Waals surface area contributed by atoms with E-state index in [-0.39, 0.29) is 17.4 Å². The third kappa shape index (κ3) is 2.11. The Morgan fingerprint density at radius 2 is 2.00 bits per heavy atom. The van der Waals surface area contributed by atoms with Crippen LogP contribution in [-0.4, -0.2) is 15.8 Å². The van der Waals surface area contributed by atoms with Gasteiger partial charge in [0.25, 0.3) is 5.78 Å². The summed E-state index contributed by atoms with van der Waals surface area (Å²) in [6, 6.07) is 6.99. The molecule has 0 saturated heterocycles. The van der Waals surface area contributed by atoms with Gasteiger partial charge in [-0.25, -0.2) is 9.97 Å². The largest absolute Gasteiger partial charge is 0.451 e. The number of benzene rings is 1. The quantitative estimate of drug-likeness (QED) is 0.671. The van der Waals surface area contributed by atoms with Crippen molar-refractivity contribution in [2.24, 2.45) is 0 Å². The predicted octanol–water partition coefficient (Wildman–Crippen LogP) is 3.42. The number of ketones is 1. The van der Waals surface area contributed by atoms with Crippen LogP contribution in [-0.2, 0) is 0 Å². The molecule has 19 heavy (non-hydrogen) atoms. The monoisotopic (exact) mass is 272 g/mol. The van der Waals surface area contributed by atoms with Crippen LogP contribution >= 0.6 is 11.6 Å². The van der Waals surface area contributed by atoms with Crippen LogP contribution in [0.3, 0.4) is 0 Å². The van der Waals surface area contributed by atoms with Crippen LogP contribution in [0.2, 0.25) is 5.02 Å². The van der Waals surface area contributed by atoms with Crippen LogP contribution in [0.4, 0.5) is 0 Å². The molecule has 0 atom stereocenters. The van der Waals surface area contributed by atoms with E-state index in [2.05, 4.69) is 9.97 Å². The standard InChI is InChI=1S/C14H9ClN2O2/c1-8-6-16-14(17-7-8)12(18)11-5-9-3-2-4-10(15)13(9)19-11/h2-7H,1H3. The minimum absolute atomic E-state index is 0.112. The molecule has 0 saturated carbocycles. The fraction of sp³-hybridized carbons (Fsp3) is 0.0714. The van der Waals surface area contributed by atoms with Gasteiger partial charge in [-0.1, -0.05) is 23.7 Å². The molecular formula is C14H9ClN2O2. The summed E-state index contributed by atoms with van der Waals surface area (Å²) in [5, 5.41) is 1.25. The third-order valence-corrected chi connectivity index (χ3v) is 3.00. The SMILES string of the molecule is Cc1cnc(C(=O)c2cc3cccc(Cl)c3o2)nc1. The summed E-state index contributed by atoms with van der Waals surface area (Å²) in [6.45, 7) is 1.86. The first kappa shape index (κ1) is 11.9. The van der Waals surface area contributed by atoms with E-state index >= 15 is 0 Å². The van der Waals surface area contributed by atoms with Crippen molar-refractivity contribution < 1.29 is 9.21 Å². The number of halogens is 1. The van der Waals surface area contributed by atoms with E-state index in [1.54, 1.807) is 30.6 Å². The summed E-state index contributed by atoms with van der Waals surface area (Å²) in [5.41, 5.74) is 1.39. The van der Waals surface area contributed by atoms with Gasteiger partial charge in [0.05, 0.1) is 5.02 Å². The summed E-state index contributed by atoms with van der Waals surface area (Å²) in [7, 11) is 0. The zero-order valence-corrected chi connectivity index (χ0v) is 10.8. The molecule has 3 rings (SSSR count). The van der Waals surface area contributed by atoms with Crippen molar-refractivity contribution in [3.8, 4) is 0 Å². The number of aryl methyl sites for hydroxylation is 1. The number of carbonyl (C=O) groups excluding carboxylic acids is 1. The zero-order chi connectivity index (χ0) is 13.4. The second-order valence-electron chi connectivity index (χ2n) is 4.18. The van der Waals surface area contributed by atoms with Gasteiger partial charge in [-0.05, 0) is 24.6 Å². The third-order valence-electron chi connectivity index (χ3n) is 2.70. The van der Waals surface area contributed by atoms with Crippen LogP contribution in [0.25, 0.3) is 11.0 Å². The summed E-state index contributed by atoms with van der Waals surface area (Å²) < 4.78 is 5.48. The van der Waals surface area contributed by atoms with Crippen LogP contribution in [0.5, 0.6) is 0 Å². The van der Waals surface area contributed by atoms with Crippen molar-refractivity contribution in [3.05, 3.63) is 58.8 Å². The highest BCUT2D eigenvalue weighted by Crippen LogP contribution is 2.27. The lowest BCUT2D eigenvalue weighted by Crippen LogP contribution is -2.05. The summed E-state index contributed by atoms with van der Waals surface area (Å²) >= 11 is 6.01. The second-order valence-corrected chi connectivity index (χ2v) is 4.59. The smallest absolute Gasteiger partial charge is 0.265 e. The van der Waals surface area contributed by atoms with Gasteiger partial charge in [0.2, 0.25) is 5.82 Å². The fourth-order valence-corrected chi connectivity index (χ4v) is 1.98. The van der Waals surface area contributed by atoms with Crippen molar-refractivity contribution in [1.29, 1.82) is 0 Å². The number of para-hydroxylation sites is 1. The van der Waals surface area contributed by atoms with Crippen molar-refractivity contribution in [2.75, 3.05) is 0 Å². The van der Waals surface area contributed by atoms with Gasteiger partial charge >= 0.3 is 0 Å². The van der Waals surface area contributed by atoms with Crippen molar-refractivity contribution in [1.82, 2.24) is 9.97 Å². The van der Waals surface area contributed by atoms with Crippen LogP contribution in [0.15, 0.2) is 41.1 Å². The fourth-order valence-electron chi connectivity index (χ4n) is 1.76. The molecule has 0 amide bonds. The average molecular weight is 273 g/mol. The number of furan rings is 1. The predicted molar refractivity (Wildman–Crippen MR) is 71.4 cm³/mol. The van der Waals surface area contributed by atoms with Gasteiger partial charge in [0.15, 0.2) is 11.3 Å². The van der Waals surface area contributed by atoms with E-state index in [0.717, 1.165) is 10.9 Å². The van der Waals surface area contributed by atoms with Gasteiger partial charge in [-0.3, -0.25) is 4.79 Å². The molecule has 4 nitrogen and oxygen atoms in total. The molecular weight excluding hydrogens is 264 g/mol. The number of aromatic nitrogens is 2. The molecule has 2 heterocycles. The molecule has 3 aromatic rings. The number of carbonyl (C=O) groups is 1. The lowest BCUT2D eigenvalue weighted by Gasteiger charge is -1.96. The number of hydrogen-bond acceptors (Lipinski definition) is 4. The topological polar surface area (TPSA) is 56.0 Å². The van der Waals surface area contributed by atoms with Crippen LogP contribution in [0, 0.1) is 6.92 Å². The highest BCUT2D eigenvalue weighted by atomic mass is 35.5. The van der Waals surface area contributed by atoms with E-state index in [9.17, 15) is 4.79 Å². The van der Waals surface area contributed by atoms with Gasteiger partial charge < -0.3 is 4.42 Å². The van der Waals surface area contributed by atoms with E-state index in [1.807, 2.05) is 13.0 Å². The lowest BCUT2D eigenvalue weighted by molar-refractivity contribution is 0.100. The molecule has 0 fully saturated rings. The zero-order valence-electron chi connectivity index (χ0n) is 10.1. The molecule has 1 aromatic carbocycles. The number of nitrogens with zero attached hydrogens (tertiary/aromatic N) is 2. The van der Waals surface area contributed by atoms with E-state index in [0.29, 0.717) is 10.6 Å². The molecule has 0 bridgehead atoms.